The first kappa shape index (κ1) is 8.83. The molecule has 0 spiro atoms. The van der Waals surface area contributed by atoms with Crippen LogP contribution < -0.4 is 5.73 Å². The molecule has 1 unspecified atom stereocenters. The molecule has 1 nitrogen and oxygen atoms in total. The number of hydrogen-bond acceptors (Lipinski definition) is 1. The molecule has 0 aliphatic carbocycles. The van der Waals surface area contributed by atoms with Gasteiger partial charge in [0.05, 0.1) is 0 Å². The van der Waals surface area contributed by atoms with Gasteiger partial charge in [0.1, 0.15) is 0 Å². The van der Waals surface area contributed by atoms with E-state index in [4.69, 9.17) is 12.2 Å². The van der Waals surface area contributed by atoms with Gasteiger partial charge in [-0.25, -0.2) is 0 Å². The molecule has 0 saturated carbocycles. The second-order valence-corrected chi connectivity index (χ2v) is 2.91. The molecule has 0 aliphatic rings. The van der Waals surface area contributed by atoms with Gasteiger partial charge in [-0.05, 0) is 30.2 Å². The van der Waals surface area contributed by atoms with E-state index in [1.807, 2.05) is 18.2 Å². The third kappa shape index (κ3) is 1.87. The maximum Gasteiger partial charge on any atom is 0.0245 e. The largest absolute Gasteiger partial charge is 0.330 e. The first-order valence-electron chi connectivity index (χ1n) is 4.04. The van der Waals surface area contributed by atoms with Crippen molar-refractivity contribution < 1.29 is 0 Å². The lowest BCUT2D eigenvalue weighted by Crippen LogP contribution is -2.08. The molecule has 1 heteroatoms. The smallest absolute Gasteiger partial charge is 0.0245 e. The van der Waals surface area contributed by atoms with Crippen molar-refractivity contribution in [2.45, 2.75) is 12.8 Å². The van der Waals surface area contributed by atoms with Gasteiger partial charge in [-0.2, -0.15) is 0 Å². The van der Waals surface area contributed by atoms with Gasteiger partial charge in [-0.3, -0.25) is 0 Å². The van der Waals surface area contributed by atoms with E-state index < -0.39 is 0 Å². The summed E-state index contributed by atoms with van der Waals surface area (Å²) in [6.45, 7) is 2.75. The van der Waals surface area contributed by atoms with Gasteiger partial charge in [-0.15, -0.1) is 6.42 Å². The molecule has 2 N–H and O–H groups in total. The Hall–Kier alpha value is -1.26. The van der Waals surface area contributed by atoms with E-state index in [0.29, 0.717) is 12.5 Å². The van der Waals surface area contributed by atoms with Gasteiger partial charge in [0.25, 0.3) is 0 Å². The van der Waals surface area contributed by atoms with E-state index in [2.05, 4.69) is 18.9 Å². The summed E-state index contributed by atoms with van der Waals surface area (Å²) in [5.41, 5.74) is 7.68. The van der Waals surface area contributed by atoms with Crippen LogP contribution >= 0.6 is 0 Å². The van der Waals surface area contributed by atoms with Crippen LogP contribution in [-0.4, -0.2) is 6.54 Å². The molecule has 1 rings (SSSR count). The zero-order chi connectivity index (χ0) is 8.97. The van der Waals surface area contributed by atoms with Gasteiger partial charge in [0, 0.05) is 5.56 Å². The highest BCUT2D eigenvalue weighted by atomic mass is 14.5. The van der Waals surface area contributed by atoms with Crippen LogP contribution in [0.3, 0.4) is 0 Å². The van der Waals surface area contributed by atoms with Crippen molar-refractivity contribution in [3.8, 4) is 12.3 Å². The Bertz CT molecular complexity index is 296. The van der Waals surface area contributed by atoms with E-state index in [9.17, 15) is 0 Å². The van der Waals surface area contributed by atoms with Crippen LogP contribution in [0.15, 0.2) is 24.3 Å². The second kappa shape index (κ2) is 3.94. The Labute approximate surface area is 73.6 Å². The predicted molar refractivity (Wildman–Crippen MR) is 51.8 cm³/mol. The van der Waals surface area contributed by atoms with Crippen molar-refractivity contribution in [1.29, 1.82) is 0 Å². The summed E-state index contributed by atoms with van der Waals surface area (Å²) >= 11 is 0. The highest BCUT2D eigenvalue weighted by molar-refractivity contribution is 5.36. The molecule has 1 atom stereocenters. The number of benzene rings is 1. The Balaban J connectivity index is 2.95. The van der Waals surface area contributed by atoms with Crippen molar-refractivity contribution in [1.82, 2.24) is 0 Å². The molecule has 0 aliphatic heterocycles. The SMILES string of the molecule is C#Cc1cccc(C(C)CN)c1. The van der Waals surface area contributed by atoms with Crippen molar-refractivity contribution in [3.63, 3.8) is 0 Å². The van der Waals surface area contributed by atoms with E-state index in [1.54, 1.807) is 0 Å². The van der Waals surface area contributed by atoms with Crippen molar-refractivity contribution in [3.05, 3.63) is 35.4 Å². The quantitative estimate of drug-likeness (QED) is 0.653. The molecule has 12 heavy (non-hydrogen) atoms. The minimum absolute atomic E-state index is 0.387. The Morgan fingerprint density at radius 1 is 1.58 bits per heavy atom. The van der Waals surface area contributed by atoms with E-state index in [-0.39, 0.29) is 0 Å². The van der Waals surface area contributed by atoms with Gasteiger partial charge in [0.2, 0.25) is 0 Å². The van der Waals surface area contributed by atoms with Crippen molar-refractivity contribution >= 4 is 0 Å². The lowest BCUT2D eigenvalue weighted by molar-refractivity contribution is 0.774. The van der Waals surface area contributed by atoms with Gasteiger partial charge in [0.15, 0.2) is 0 Å². The van der Waals surface area contributed by atoms with Crippen LogP contribution in [0.2, 0.25) is 0 Å². The fraction of sp³-hybridized carbons (Fsp3) is 0.273. The van der Waals surface area contributed by atoms with Gasteiger partial charge >= 0.3 is 0 Å². The third-order valence-electron chi connectivity index (χ3n) is 1.98. The first-order valence-corrected chi connectivity index (χ1v) is 4.04. The molecule has 1 aromatic rings. The zero-order valence-corrected chi connectivity index (χ0v) is 7.25. The summed E-state index contributed by atoms with van der Waals surface area (Å²) < 4.78 is 0. The van der Waals surface area contributed by atoms with Crippen LogP contribution in [0.1, 0.15) is 24.0 Å². The summed E-state index contributed by atoms with van der Waals surface area (Å²) in [4.78, 5) is 0. The van der Waals surface area contributed by atoms with E-state index in [1.165, 1.54) is 5.56 Å². The summed E-state index contributed by atoms with van der Waals surface area (Å²) in [6.07, 6.45) is 5.28. The summed E-state index contributed by atoms with van der Waals surface area (Å²) in [6, 6.07) is 7.96. The van der Waals surface area contributed by atoms with E-state index >= 15 is 0 Å². The minimum atomic E-state index is 0.387. The highest BCUT2D eigenvalue weighted by Crippen LogP contribution is 2.14. The monoisotopic (exact) mass is 159 g/mol. The standard InChI is InChI=1S/C11H13N/c1-3-10-5-4-6-11(7-10)9(2)8-12/h1,4-7,9H,8,12H2,2H3. The maximum absolute atomic E-state index is 5.54. The fourth-order valence-corrected chi connectivity index (χ4v) is 1.07. The van der Waals surface area contributed by atoms with Gasteiger partial charge in [-0.1, -0.05) is 25.0 Å². The number of terminal acetylenes is 1. The third-order valence-corrected chi connectivity index (χ3v) is 1.98. The molecule has 0 saturated heterocycles. The second-order valence-electron chi connectivity index (χ2n) is 2.91. The molecule has 0 aromatic heterocycles. The number of hydrogen-bond donors (Lipinski definition) is 1. The van der Waals surface area contributed by atoms with Crippen LogP contribution in [0.5, 0.6) is 0 Å². The lowest BCUT2D eigenvalue weighted by atomic mass is 9.99. The molecule has 0 fully saturated rings. The Morgan fingerprint density at radius 3 is 2.92 bits per heavy atom. The zero-order valence-electron chi connectivity index (χ0n) is 7.25. The lowest BCUT2D eigenvalue weighted by Gasteiger charge is -2.08. The first-order chi connectivity index (χ1) is 5.77. The normalized spacial score (nSPS) is 12.1. The number of rotatable bonds is 2. The molecule has 0 amide bonds. The van der Waals surface area contributed by atoms with Gasteiger partial charge < -0.3 is 5.73 Å². The molecule has 0 radical (unpaired) electrons. The van der Waals surface area contributed by atoms with Crippen LogP contribution in [-0.2, 0) is 0 Å². The summed E-state index contributed by atoms with van der Waals surface area (Å²) in [7, 11) is 0. The van der Waals surface area contributed by atoms with Crippen molar-refractivity contribution in [2.24, 2.45) is 5.73 Å². The molecular formula is C11H13N. The van der Waals surface area contributed by atoms with Crippen LogP contribution in [0, 0.1) is 12.3 Å². The summed E-state index contributed by atoms with van der Waals surface area (Å²) in [5.74, 6) is 2.99. The number of nitrogens with two attached hydrogens (primary N) is 1. The average Bonchev–Trinajstić information content (AvgIpc) is 2.17. The molecule has 62 valence electrons. The Kier molecular flexibility index (Phi) is 2.90. The van der Waals surface area contributed by atoms with Crippen molar-refractivity contribution in [2.75, 3.05) is 6.54 Å². The fourth-order valence-electron chi connectivity index (χ4n) is 1.07. The Morgan fingerprint density at radius 2 is 2.33 bits per heavy atom. The summed E-state index contributed by atoms with van der Waals surface area (Å²) in [5, 5.41) is 0. The molecule has 1 aromatic carbocycles. The van der Waals surface area contributed by atoms with Crippen LogP contribution in [0.4, 0.5) is 0 Å². The average molecular weight is 159 g/mol. The van der Waals surface area contributed by atoms with Crippen LogP contribution in [0.25, 0.3) is 0 Å². The maximum atomic E-state index is 5.54. The molecule has 0 heterocycles. The topological polar surface area (TPSA) is 26.0 Å². The molecular weight excluding hydrogens is 146 g/mol. The van der Waals surface area contributed by atoms with E-state index in [0.717, 1.165) is 5.56 Å². The highest BCUT2D eigenvalue weighted by Gasteiger charge is 2.01. The molecule has 0 bridgehead atoms. The minimum Gasteiger partial charge on any atom is -0.330 e. The predicted octanol–water partition coefficient (Wildman–Crippen LogP) is 1.73.